The first-order chi connectivity index (χ1) is 6.81. The Morgan fingerprint density at radius 3 is 2.43 bits per heavy atom. The van der Waals surface area contributed by atoms with Crippen LogP contribution in [0.1, 0.15) is 38.5 Å². The zero-order valence-electron chi connectivity index (χ0n) is 8.91. The maximum absolute atomic E-state index is 9.74. The van der Waals surface area contributed by atoms with E-state index in [1.165, 1.54) is 32.1 Å². The van der Waals surface area contributed by atoms with E-state index >= 15 is 0 Å². The molecule has 0 bridgehead atoms. The molecule has 0 spiro atoms. The Labute approximate surface area is 90.8 Å². The van der Waals surface area contributed by atoms with Crippen molar-refractivity contribution in [1.82, 2.24) is 5.32 Å². The highest BCUT2D eigenvalue weighted by molar-refractivity contribution is 7.99. The van der Waals surface area contributed by atoms with Crippen molar-refractivity contribution in [1.29, 1.82) is 0 Å². The fraction of sp³-hybridized carbons (Fsp3) is 1.00. The van der Waals surface area contributed by atoms with Crippen molar-refractivity contribution in [2.24, 2.45) is 0 Å². The molecule has 2 aliphatic carbocycles. The lowest BCUT2D eigenvalue weighted by Gasteiger charge is -2.25. The molecule has 4 unspecified atom stereocenters. The quantitative estimate of drug-likeness (QED) is 0.752. The summed E-state index contributed by atoms with van der Waals surface area (Å²) in [5.41, 5.74) is 0. The van der Waals surface area contributed by atoms with E-state index in [9.17, 15) is 5.11 Å². The average molecular weight is 215 g/mol. The van der Waals surface area contributed by atoms with Gasteiger partial charge in [0.15, 0.2) is 0 Å². The summed E-state index contributed by atoms with van der Waals surface area (Å²) in [6.07, 6.45) is 9.47. The summed E-state index contributed by atoms with van der Waals surface area (Å²) in [6.45, 7) is 0. The lowest BCUT2D eigenvalue weighted by molar-refractivity contribution is 0.143. The van der Waals surface area contributed by atoms with Crippen LogP contribution in [0.5, 0.6) is 0 Å². The van der Waals surface area contributed by atoms with Gasteiger partial charge in [-0.1, -0.05) is 6.42 Å². The van der Waals surface area contributed by atoms with Gasteiger partial charge >= 0.3 is 0 Å². The molecule has 2 N–H and O–H groups in total. The van der Waals surface area contributed by atoms with Crippen molar-refractivity contribution in [3.05, 3.63) is 0 Å². The monoisotopic (exact) mass is 215 g/mol. The Bertz CT molecular complexity index is 188. The second-order valence-corrected chi connectivity index (χ2v) is 5.66. The van der Waals surface area contributed by atoms with E-state index in [-0.39, 0.29) is 6.10 Å². The standard InChI is InChI=1S/C11H21NOS/c1-14-11-7-3-5-9(11)12-8-4-2-6-10(8)13/h8-13H,2-7H2,1H3. The van der Waals surface area contributed by atoms with Crippen LogP contribution in [0.15, 0.2) is 0 Å². The van der Waals surface area contributed by atoms with Crippen LogP contribution in [-0.2, 0) is 0 Å². The second kappa shape index (κ2) is 4.86. The van der Waals surface area contributed by atoms with Crippen molar-refractivity contribution in [2.75, 3.05) is 6.26 Å². The largest absolute Gasteiger partial charge is 0.392 e. The highest BCUT2D eigenvalue weighted by Gasteiger charge is 2.32. The van der Waals surface area contributed by atoms with Crippen molar-refractivity contribution < 1.29 is 5.11 Å². The van der Waals surface area contributed by atoms with Gasteiger partial charge in [-0.3, -0.25) is 0 Å². The molecule has 4 atom stereocenters. The third kappa shape index (κ3) is 2.26. The number of hydrogen-bond acceptors (Lipinski definition) is 3. The topological polar surface area (TPSA) is 32.3 Å². The third-order valence-electron chi connectivity index (χ3n) is 3.66. The molecule has 2 aliphatic rings. The first-order valence-electron chi connectivity index (χ1n) is 5.78. The van der Waals surface area contributed by atoms with E-state index in [4.69, 9.17) is 0 Å². The highest BCUT2D eigenvalue weighted by atomic mass is 32.2. The smallest absolute Gasteiger partial charge is 0.0693 e. The fourth-order valence-electron chi connectivity index (χ4n) is 2.81. The summed E-state index contributed by atoms with van der Waals surface area (Å²) in [5.74, 6) is 0. The minimum atomic E-state index is -0.0851. The van der Waals surface area contributed by atoms with Gasteiger partial charge in [0.1, 0.15) is 0 Å². The summed E-state index contributed by atoms with van der Waals surface area (Å²) in [7, 11) is 0. The van der Waals surface area contributed by atoms with Gasteiger partial charge in [-0.15, -0.1) is 0 Å². The Balaban J connectivity index is 1.83. The lowest BCUT2D eigenvalue weighted by Crippen LogP contribution is -2.45. The summed E-state index contributed by atoms with van der Waals surface area (Å²) in [4.78, 5) is 0. The molecular weight excluding hydrogens is 194 g/mol. The number of thioether (sulfide) groups is 1. The Morgan fingerprint density at radius 1 is 1.07 bits per heavy atom. The van der Waals surface area contributed by atoms with Crippen LogP contribution in [0.3, 0.4) is 0 Å². The maximum atomic E-state index is 9.74. The van der Waals surface area contributed by atoms with Crippen LogP contribution in [-0.4, -0.2) is 34.8 Å². The average Bonchev–Trinajstić information content (AvgIpc) is 2.77. The molecule has 3 heteroatoms. The zero-order valence-corrected chi connectivity index (χ0v) is 9.72. The van der Waals surface area contributed by atoms with Gasteiger partial charge in [0.2, 0.25) is 0 Å². The number of rotatable bonds is 3. The third-order valence-corrected chi connectivity index (χ3v) is 4.83. The number of nitrogens with one attached hydrogen (secondary N) is 1. The molecule has 0 saturated heterocycles. The van der Waals surface area contributed by atoms with Crippen LogP contribution in [0.4, 0.5) is 0 Å². The van der Waals surface area contributed by atoms with Gasteiger partial charge in [0, 0.05) is 17.3 Å². The Kier molecular flexibility index (Phi) is 3.74. The van der Waals surface area contributed by atoms with Gasteiger partial charge in [-0.25, -0.2) is 0 Å². The fourth-order valence-corrected chi connectivity index (χ4v) is 3.75. The lowest BCUT2D eigenvalue weighted by atomic mass is 10.1. The molecule has 0 radical (unpaired) electrons. The Morgan fingerprint density at radius 2 is 1.79 bits per heavy atom. The molecule has 2 rings (SSSR count). The molecule has 2 fully saturated rings. The Hall–Kier alpha value is 0.270. The molecule has 0 amide bonds. The molecule has 2 saturated carbocycles. The SMILES string of the molecule is CSC1CCCC1NC1CCCC1O. The maximum Gasteiger partial charge on any atom is 0.0693 e. The molecular formula is C11H21NOS. The molecule has 0 aliphatic heterocycles. The predicted molar refractivity (Wildman–Crippen MR) is 61.7 cm³/mol. The summed E-state index contributed by atoms with van der Waals surface area (Å²) in [6, 6.07) is 1.04. The van der Waals surface area contributed by atoms with Gasteiger partial charge in [0.25, 0.3) is 0 Å². The molecule has 0 heterocycles. The van der Waals surface area contributed by atoms with E-state index in [1.807, 2.05) is 11.8 Å². The van der Waals surface area contributed by atoms with Crippen molar-refractivity contribution >= 4 is 11.8 Å². The first kappa shape index (κ1) is 10.8. The van der Waals surface area contributed by atoms with Crippen LogP contribution < -0.4 is 5.32 Å². The van der Waals surface area contributed by atoms with Crippen LogP contribution in [0, 0.1) is 0 Å². The van der Waals surface area contributed by atoms with Gasteiger partial charge in [-0.05, 0) is 38.4 Å². The number of hydrogen-bond donors (Lipinski definition) is 2. The van der Waals surface area contributed by atoms with E-state index in [0.717, 1.165) is 11.7 Å². The molecule has 14 heavy (non-hydrogen) atoms. The van der Waals surface area contributed by atoms with E-state index in [1.54, 1.807) is 0 Å². The second-order valence-electron chi connectivity index (χ2n) is 4.58. The highest BCUT2D eigenvalue weighted by Crippen LogP contribution is 2.30. The number of aliphatic hydroxyl groups excluding tert-OH is 1. The summed E-state index contributed by atoms with van der Waals surface area (Å²) < 4.78 is 0. The van der Waals surface area contributed by atoms with Crippen LogP contribution in [0.25, 0.3) is 0 Å². The van der Waals surface area contributed by atoms with Gasteiger partial charge in [-0.2, -0.15) is 11.8 Å². The summed E-state index contributed by atoms with van der Waals surface area (Å²) in [5, 5.41) is 14.2. The molecule has 0 aromatic rings. The van der Waals surface area contributed by atoms with E-state index < -0.39 is 0 Å². The molecule has 0 aromatic carbocycles. The van der Waals surface area contributed by atoms with Crippen LogP contribution in [0.2, 0.25) is 0 Å². The van der Waals surface area contributed by atoms with Crippen LogP contribution >= 0.6 is 11.8 Å². The molecule has 0 aromatic heterocycles. The minimum absolute atomic E-state index is 0.0851. The van der Waals surface area contributed by atoms with E-state index in [2.05, 4.69) is 11.6 Å². The molecule has 82 valence electrons. The predicted octanol–water partition coefficient (Wildman–Crippen LogP) is 1.77. The van der Waals surface area contributed by atoms with Gasteiger partial charge < -0.3 is 10.4 Å². The summed E-state index contributed by atoms with van der Waals surface area (Å²) >= 11 is 1.98. The van der Waals surface area contributed by atoms with Crippen molar-refractivity contribution in [2.45, 2.75) is 62.0 Å². The normalized spacial score (nSPS) is 43.3. The van der Waals surface area contributed by atoms with E-state index in [0.29, 0.717) is 12.1 Å². The molecule has 2 nitrogen and oxygen atoms in total. The number of aliphatic hydroxyl groups is 1. The van der Waals surface area contributed by atoms with Crippen molar-refractivity contribution in [3.8, 4) is 0 Å². The first-order valence-corrected chi connectivity index (χ1v) is 7.07. The van der Waals surface area contributed by atoms with Crippen molar-refractivity contribution in [3.63, 3.8) is 0 Å². The zero-order chi connectivity index (χ0) is 9.97. The minimum Gasteiger partial charge on any atom is -0.392 e. The van der Waals surface area contributed by atoms with Gasteiger partial charge in [0.05, 0.1) is 6.10 Å².